The van der Waals surface area contributed by atoms with Crippen LogP contribution in [0.25, 0.3) is 0 Å². The van der Waals surface area contributed by atoms with Gasteiger partial charge in [0.25, 0.3) is 0 Å². The second-order valence-electron chi connectivity index (χ2n) is 4.14. The number of rotatable bonds is 3. The molecule has 0 bridgehead atoms. The van der Waals surface area contributed by atoms with Crippen LogP contribution < -0.4 is 5.32 Å². The first-order valence-corrected chi connectivity index (χ1v) is 5.66. The zero-order chi connectivity index (χ0) is 14.9. The Kier molecular flexibility index (Phi) is 3.73. The van der Waals surface area contributed by atoms with Gasteiger partial charge in [-0.25, -0.2) is 13.2 Å². The highest BCUT2D eigenvalue weighted by Crippen LogP contribution is 2.20. The molecule has 1 saturated heterocycles. The molecule has 0 atom stereocenters. The van der Waals surface area contributed by atoms with Crippen molar-refractivity contribution in [2.24, 2.45) is 0 Å². The van der Waals surface area contributed by atoms with Crippen LogP contribution in [0.3, 0.4) is 0 Å². The van der Waals surface area contributed by atoms with Gasteiger partial charge in [0.1, 0.15) is 6.54 Å². The van der Waals surface area contributed by atoms with Crippen molar-refractivity contribution in [3.63, 3.8) is 0 Å². The number of hydrogen-bond acceptors (Lipinski definition) is 3. The minimum absolute atomic E-state index is 0.0195. The van der Waals surface area contributed by atoms with Gasteiger partial charge in [-0.15, -0.1) is 0 Å². The Morgan fingerprint density at radius 2 is 1.70 bits per heavy atom. The molecular formula is C12H9F3N2O3. The number of likely N-dealkylation sites (tertiary alicyclic amines) is 1. The summed E-state index contributed by atoms with van der Waals surface area (Å²) in [6, 6.07) is 1.50. The zero-order valence-corrected chi connectivity index (χ0v) is 10.1. The molecule has 0 radical (unpaired) electrons. The van der Waals surface area contributed by atoms with Crippen molar-refractivity contribution >= 4 is 23.4 Å². The van der Waals surface area contributed by atoms with Gasteiger partial charge in [0.15, 0.2) is 17.5 Å². The molecule has 1 aromatic rings. The number of hydrogen-bond donors (Lipinski definition) is 1. The summed E-state index contributed by atoms with van der Waals surface area (Å²) in [5, 5.41) is 1.98. The molecule has 1 aliphatic rings. The standard InChI is InChI=1S/C12H9F3N2O3/c13-6-1-2-7(12(15)11(6)14)16-8(18)5-17-9(19)3-4-10(17)20/h1-2H,3-5H2,(H,16,18). The van der Waals surface area contributed by atoms with Crippen LogP contribution in [-0.2, 0) is 14.4 Å². The van der Waals surface area contributed by atoms with Gasteiger partial charge >= 0.3 is 0 Å². The Balaban J connectivity index is 2.07. The number of nitrogens with zero attached hydrogens (tertiary/aromatic N) is 1. The van der Waals surface area contributed by atoms with Crippen LogP contribution in [0.1, 0.15) is 12.8 Å². The van der Waals surface area contributed by atoms with Crippen molar-refractivity contribution in [3.05, 3.63) is 29.6 Å². The molecule has 1 N–H and O–H groups in total. The summed E-state index contributed by atoms with van der Waals surface area (Å²) in [7, 11) is 0. The number of nitrogens with one attached hydrogen (secondary N) is 1. The van der Waals surface area contributed by atoms with E-state index in [1.807, 2.05) is 5.32 Å². The molecule has 1 fully saturated rings. The Morgan fingerprint density at radius 1 is 1.10 bits per heavy atom. The fraction of sp³-hybridized carbons (Fsp3) is 0.250. The van der Waals surface area contributed by atoms with Gasteiger partial charge in [0, 0.05) is 12.8 Å². The quantitative estimate of drug-likeness (QED) is 0.670. The van der Waals surface area contributed by atoms with Crippen LogP contribution in [0.15, 0.2) is 12.1 Å². The SMILES string of the molecule is O=C(CN1C(=O)CCC1=O)Nc1ccc(F)c(F)c1F. The van der Waals surface area contributed by atoms with Crippen LogP contribution in [0.2, 0.25) is 0 Å². The number of imide groups is 1. The van der Waals surface area contributed by atoms with Crippen LogP contribution in [-0.4, -0.2) is 29.2 Å². The van der Waals surface area contributed by atoms with Crippen molar-refractivity contribution in [2.45, 2.75) is 12.8 Å². The molecule has 5 nitrogen and oxygen atoms in total. The molecule has 1 aliphatic heterocycles. The molecule has 8 heteroatoms. The molecule has 0 aliphatic carbocycles. The van der Waals surface area contributed by atoms with Gasteiger partial charge in [0.2, 0.25) is 17.7 Å². The van der Waals surface area contributed by atoms with Crippen molar-refractivity contribution in [1.29, 1.82) is 0 Å². The van der Waals surface area contributed by atoms with Crippen LogP contribution in [0.4, 0.5) is 18.9 Å². The molecule has 0 unspecified atom stereocenters. The molecule has 106 valence electrons. The van der Waals surface area contributed by atoms with Crippen LogP contribution in [0, 0.1) is 17.5 Å². The molecule has 1 heterocycles. The van der Waals surface area contributed by atoms with Crippen molar-refractivity contribution in [1.82, 2.24) is 4.90 Å². The minimum atomic E-state index is -1.71. The maximum atomic E-state index is 13.3. The summed E-state index contributed by atoms with van der Waals surface area (Å²) < 4.78 is 39.0. The van der Waals surface area contributed by atoms with Gasteiger partial charge in [0.05, 0.1) is 5.69 Å². The predicted molar refractivity (Wildman–Crippen MR) is 60.9 cm³/mol. The molecule has 0 spiro atoms. The lowest BCUT2D eigenvalue weighted by molar-refractivity contribution is -0.141. The third-order valence-electron chi connectivity index (χ3n) is 2.77. The van der Waals surface area contributed by atoms with E-state index in [1.165, 1.54) is 0 Å². The lowest BCUT2D eigenvalue weighted by atomic mass is 10.2. The van der Waals surface area contributed by atoms with Crippen LogP contribution >= 0.6 is 0 Å². The molecule has 2 rings (SSSR count). The van der Waals surface area contributed by atoms with Crippen molar-refractivity contribution in [3.8, 4) is 0 Å². The third-order valence-corrected chi connectivity index (χ3v) is 2.77. The molecule has 0 aromatic heterocycles. The summed E-state index contributed by atoms with van der Waals surface area (Å²) in [5.41, 5.74) is -0.562. The van der Waals surface area contributed by atoms with Crippen LogP contribution in [0.5, 0.6) is 0 Å². The van der Waals surface area contributed by atoms with Crippen molar-refractivity contribution in [2.75, 3.05) is 11.9 Å². The maximum absolute atomic E-state index is 13.3. The first-order chi connectivity index (χ1) is 9.40. The first-order valence-electron chi connectivity index (χ1n) is 5.66. The lowest BCUT2D eigenvalue weighted by Crippen LogP contribution is -2.37. The highest BCUT2D eigenvalue weighted by atomic mass is 19.2. The van der Waals surface area contributed by atoms with Gasteiger partial charge in [-0.1, -0.05) is 0 Å². The maximum Gasteiger partial charge on any atom is 0.244 e. The predicted octanol–water partition coefficient (Wildman–Crippen LogP) is 1.19. The van der Waals surface area contributed by atoms with E-state index in [2.05, 4.69) is 0 Å². The van der Waals surface area contributed by atoms with E-state index in [-0.39, 0.29) is 12.8 Å². The summed E-state index contributed by atoms with van der Waals surface area (Å²) in [6.45, 7) is -0.587. The van der Waals surface area contributed by atoms with Crippen molar-refractivity contribution < 1.29 is 27.6 Å². The zero-order valence-electron chi connectivity index (χ0n) is 10.1. The fourth-order valence-electron chi connectivity index (χ4n) is 1.75. The Labute approximate surface area is 111 Å². The average Bonchev–Trinajstić information content (AvgIpc) is 2.71. The molecule has 0 saturated carbocycles. The molecule has 3 amide bonds. The average molecular weight is 286 g/mol. The second-order valence-corrected chi connectivity index (χ2v) is 4.14. The molecule has 20 heavy (non-hydrogen) atoms. The number of amides is 3. The van der Waals surface area contributed by atoms with E-state index < -0.39 is 47.4 Å². The molecular weight excluding hydrogens is 277 g/mol. The van der Waals surface area contributed by atoms with E-state index in [1.54, 1.807) is 0 Å². The first kappa shape index (κ1) is 14.0. The number of carbonyl (C=O) groups excluding carboxylic acids is 3. The Bertz CT molecular complexity index is 588. The fourth-order valence-corrected chi connectivity index (χ4v) is 1.75. The van der Waals surface area contributed by atoms with Gasteiger partial charge in [-0.2, -0.15) is 0 Å². The van der Waals surface area contributed by atoms with E-state index in [4.69, 9.17) is 0 Å². The van der Waals surface area contributed by atoms with E-state index in [9.17, 15) is 27.6 Å². The van der Waals surface area contributed by atoms with E-state index in [0.29, 0.717) is 6.07 Å². The summed E-state index contributed by atoms with van der Waals surface area (Å²) in [5.74, 6) is -6.52. The van der Waals surface area contributed by atoms with E-state index >= 15 is 0 Å². The summed E-state index contributed by atoms with van der Waals surface area (Å²) >= 11 is 0. The minimum Gasteiger partial charge on any atom is -0.322 e. The normalized spacial score (nSPS) is 14.8. The summed E-state index contributed by atoms with van der Waals surface area (Å²) in [6.07, 6.45) is 0.0390. The summed E-state index contributed by atoms with van der Waals surface area (Å²) in [4.78, 5) is 34.9. The largest absolute Gasteiger partial charge is 0.322 e. The number of anilines is 1. The van der Waals surface area contributed by atoms with E-state index in [0.717, 1.165) is 11.0 Å². The van der Waals surface area contributed by atoms with Gasteiger partial charge in [-0.05, 0) is 12.1 Å². The van der Waals surface area contributed by atoms with Gasteiger partial charge in [-0.3, -0.25) is 19.3 Å². The monoisotopic (exact) mass is 286 g/mol. The van der Waals surface area contributed by atoms with Gasteiger partial charge < -0.3 is 5.32 Å². The molecule has 1 aromatic carbocycles. The number of benzene rings is 1. The highest BCUT2D eigenvalue weighted by Gasteiger charge is 2.30. The smallest absolute Gasteiger partial charge is 0.244 e. The Hall–Kier alpha value is -2.38. The number of carbonyl (C=O) groups is 3. The Morgan fingerprint density at radius 3 is 2.30 bits per heavy atom. The highest BCUT2D eigenvalue weighted by molar-refractivity contribution is 6.06. The topological polar surface area (TPSA) is 66.5 Å². The third kappa shape index (κ3) is 2.63. The lowest BCUT2D eigenvalue weighted by Gasteiger charge is -2.13. The number of halogens is 3. The second kappa shape index (κ2) is 5.32.